The minimum Gasteiger partial charge on any atom is -0.0636 e. The fraction of sp³-hybridized carbons (Fsp3) is 0.143. The van der Waals surface area contributed by atoms with Gasteiger partial charge in [0, 0.05) is 5.92 Å². The third-order valence-corrected chi connectivity index (χ3v) is 3.18. The molecule has 0 aliphatic heterocycles. The van der Waals surface area contributed by atoms with Crippen LogP contribution in [0.2, 0.25) is 0 Å². The molecule has 0 aromatic heterocycles. The summed E-state index contributed by atoms with van der Waals surface area (Å²) in [7, 11) is 3.65. The predicted octanol–water partition coefficient (Wildman–Crippen LogP) is 2.63. The van der Waals surface area contributed by atoms with E-state index in [1.54, 1.807) is 0 Å². The van der Waals surface area contributed by atoms with Gasteiger partial charge >= 0.3 is 0 Å². The molecule has 3 radical (unpaired) electrons. The van der Waals surface area contributed by atoms with Crippen molar-refractivity contribution >= 4 is 15.4 Å². The molecule has 0 bridgehead atoms. The van der Waals surface area contributed by atoms with E-state index in [1.807, 2.05) is 6.07 Å². The van der Waals surface area contributed by atoms with Crippen LogP contribution in [0.15, 0.2) is 54.6 Å². The van der Waals surface area contributed by atoms with E-state index >= 15 is 0 Å². The van der Waals surface area contributed by atoms with Gasteiger partial charge < -0.3 is 0 Å². The minimum atomic E-state index is 0.430. The van der Waals surface area contributed by atoms with Crippen molar-refractivity contribution in [3.8, 4) is 0 Å². The van der Waals surface area contributed by atoms with Crippen molar-refractivity contribution in [3.63, 3.8) is 0 Å². The summed E-state index contributed by atoms with van der Waals surface area (Å²) in [5, 5.41) is 1.17. The summed E-state index contributed by atoms with van der Waals surface area (Å²) in [5.41, 5.74) is 2.68. The molecule has 0 spiro atoms. The average molecular weight is 209 g/mol. The van der Waals surface area contributed by atoms with E-state index in [0.29, 0.717) is 5.92 Å². The van der Waals surface area contributed by atoms with E-state index in [2.05, 4.69) is 65.7 Å². The summed E-state index contributed by atoms with van der Waals surface area (Å²) in [6.45, 7) is 2.23. The van der Waals surface area contributed by atoms with Crippen LogP contribution < -0.4 is 5.19 Å². The van der Waals surface area contributed by atoms with E-state index in [9.17, 15) is 0 Å². The number of benzene rings is 2. The zero-order chi connectivity index (χ0) is 10.7. The normalized spacial score (nSPS) is 12.4. The van der Waals surface area contributed by atoms with Crippen molar-refractivity contribution in [1.29, 1.82) is 0 Å². The SMILES string of the molecule is CC(c1ccccc1)c1ccccc1[Si]. The molecule has 1 heteroatoms. The van der Waals surface area contributed by atoms with Gasteiger partial charge in [0.15, 0.2) is 0 Å². The second-order valence-electron chi connectivity index (χ2n) is 3.72. The summed E-state index contributed by atoms with van der Waals surface area (Å²) in [6, 6.07) is 18.9. The van der Waals surface area contributed by atoms with Crippen LogP contribution in [0.1, 0.15) is 24.0 Å². The van der Waals surface area contributed by atoms with Gasteiger partial charge in [-0.25, -0.2) is 0 Å². The van der Waals surface area contributed by atoms with E-state index in [4.69, 9.17) is 0 Å². The Balaban J connectivity index is 2.37. The first-order valence-corrected chi connectivity index (χ1v) is 5.64. The minimum absolute atomic E-state index is 0.430. The zero-order valence-electron chi connectivity index (χ0n) is 8.77. The zero-order valence-corrected chi connectivity index (χ0v) is 9.77. The van der Waals surface area contributed by atoms with Crippen molar-refractivity contribution in [3.05, 3.63) is 65.7 Å². The molecule has 0 N–H and O–H groups in total. The quantitative estimate of drug-likeness (QED) is 0.667. The average Bonchev–Trinajstić information content (AvgIpc) is 2.30. The number of hydrogen-bond donors (Lipinski definition) is 0. The van der Waals surface area contributed by atoms with Crippen LogP contribution in [0.4, 0.5) is 0 Å². The molecule has 0 saturated heterocycles. The lowest BCUT2D eigenvalue weighted by atomic mass is 9.93. The van der Waals surface area contributed by atoms with Crippen LogP contribution in [0.5, 0.6) is 0 Å². The summed E-state index contributed by atoms with van der Waals surface area (Å²) in [4.78, 5) is 0. The Morgan fingerprint density at radius 2 is 1.47 bits per heavy atom. The van der Waals surface area contributed by atoms with E-state index in [0.717, 1.165) is 0 Å². The highest BCUT2D eigenvalue weighted by Gasteiger charge is 2.09. The second-order valence-corrected chi connectivity index (χ2v) is 4.26. The van der Waals surface area contributed by atoms with Gasteiger partial charge in [0.05, 0.1) is 10.2 Å². The molecule has 0 nitrogen and oxygen atoms in total. The van der Waals surface area contributed by atoms with Gasteiger partial charge in [0.2, 0.25) is 0 Å². The fourth-order valence-electron chi connectivity index (χ4n) is 1.80. The first kappa shape index (κ1) is 10.2. The fourth-order valence-corrected chi connectivity index (χ4v) is 2.19. The highest BCUT2D eigenvalue weighted by molar-refractivity contribution is 6.33. The van der Waals surface area contributed by atoms with Crippen LogP contribution in [0.3, 0.4) is 0 Å². The van der Waals surface area contributed by atoms with Gasteiger partial charge in [0.25, 0.3) is 0 Å². The molecule has 0 saturated carbocycles. The van der Waals surface area contributed by atoms with Crippen LogP contribution in [0.25, 0.3) is 0 Å². The Kier molecular flexibility index (Phi) is 3.02. The summed E-state index contributed by atoms with van der Waals surface area (Å²) < 4.78 is 0. The van der Waals surface area contributed by atoms with E-state index < -0.39 is 0 Å². The Morgan fingerprint density at radius 1 is 0.867 bits per heavy atom. The van der Waals surface area contributed by atoms with Crippen LogP contribution >= 0.6 is 0 Å². The Labute approximate surface area is 94.4 Å². The van der Waals surface area contributed by atoms with E-state index in [-0.39, 0.29) is 0 Å². The largest absolute Gasteiger partial charge is 0.0716 e. The predicted molar refractivity (Wildman–Crippen MR) is 65.8 cm³/mol. The van der Waals surface area contributed by atoms with Gasteiger partial charge in [0.1, 0.15) is 0 Å². The lowest BCUT2D eigenvalue weighted by molar-refractivity contribution is 0.930. The third kappa shape index (κ3) is 2.18. The molecule has 2 rings (SSSR count). The molecular weight excluding hydrogens is 196 g/mol. The molecule has 1 unspecified atom stereocenters. The van der Waals surface area contributed by atoms with Crippen molar-refractivity contribution in [2.45, 2.75) is 12.8 Å². The van der Waals surface area contributed by atoms with Gasteiger partial charge in [-0.15, -0.1) is 0 Å². The molecule has 1 atom stereocenters. The second kappa shape index (κ2) is 4.45. The lowest BCUT2D eigenvalue weighted by Gasteiger charge is -2.14. The van der Waals surface area contributed by atoms with Crippen molar-refractivity contribution in [1.82, 2.24) is 0 Å². The lowest BCUT2D eigenvalue weighted by Crippen LogP contribution is -2.12. The molecule has 0 heterocycles. The third-order valence-electron chi connectivity index (χ3n) is 2.73. The molecule has 73 valence electrons. The molecule has 0 fully saturated rings. The van der Waals surface area contributed by atoms with Crippen LogP contribution in [-0.2, 0) is 0 Å². The van der Waals surface area contributed by atoms with Gasteiger partial charge in [-0.05, 0) is 11.1 Å². The number of hydrogen-bond acceptors (Lipinski definition) is 0. The molecular formula is C14H13Si. The van der Waals surface area contributed by atoms with Gasteiger partial charge in [-0.3, -0.25) is 0 Å². The molecule has 0 aliphatic carbocycles. The summed E-state index contributed by atoms with van der Waals surface area (Å²) in [5.74, 6) is 0.430. The summed E-state index contributed by atoms with van der Waals surface area (Å²) >= 11 is 0. The highest BCUT2D eigenvalue weighted by Crippen LogP contribution is 2.21. The Bertz CT molecular complexity index is 434. The number of rotatable bonds is 2. The topological polar surface area (TPSA) is 0 Å². The highest BCUT2D eigenvalue weighted by atomic mass is 28.1. The first-order valence-electron chi connectivity index (χ1n) is 5.14. The van der Waals surface area contributed by atoms with Gasteiger partial charge in [-0.2, -0.15) is 0 Å². The first-order chi connectivity index (χ1) is 7.29. The molecule has 2 aromatic carbocycles. The van der Waals surface area contributed by atoms with Crippen molar-refractivity contribution in [2.75, 3.05) is 0 Å². The van der Waals surface area contributed by atoms with Crippen LogP contribution in [-0.4, -0.2) is 10.2 Å². The van der Waals surface area contributed by atoms with Crippen LogP contribution in [0, 0.1) is 0 Å². The maximum Gasteiger partial charge on any atom is 0.0716 e. The van der Waals surface area contributed by atoms with Crippen molar-refractivity contribution in [2.24, 2.45) is 0 Å². The Hall–Kier alpha value is -1.34. The Morgan fingerprint density at radius 3 is 2.13 bits per heavy atom. The standard InChI is InChI=1S/C14H13Si/c1-11(12-7-3-2-4-8-12)13-9-5-6-10-14(13)15/h2-11H,1H3. The maximum absolute atomic E-state index is 3.65. The molecule has 0 amide bonds. The summed E-state index contributed by atoms with van der Waals surface area (Å²) in [6.07, 6.45) is 0. The van der Waals surface area contributed by atoms with Crippen molar-refractivity contribution < 1.29 is 0 Å². The smallest absolute Gasteiger partial charge is 0.0636 e. The molecule has 15 heavy (non-hydrogen) atoms. The molecule has 2 aromatic rings. The van der Waals surface area contributed by atoms with E-state index in [1.165, 1.54) is 16.3 Å². The monoisotopic (exact) mass is 209 g/mol. The molecule has 0 aliphatic rings. The van der Waals surface area contributed by atoms with Gasteiger partial charge in [-0.1, -0.05) is 66.7 Å². The maximum atomic E-state index is 3.65.